The highest BCUT2D eigenvalue weighted by Gasteiger charge is 2.50. The zero-order valence-corrected chi connectivity index (χ0v) is 40.1. The van der Waals surface area contributed by atoms with E-state index in [0.29, 0.717) is 17.8 Å². The van der Waals surface area contributed by atoms with E-state index in [4.69, 9.17) is 4.42 Å². The molecule has 3 fully saturated rings. The summed E-state index contributed by atoms with van der Waals surface area (Å²) in [6, 6.07) is 68.0. The first-order chi connectivity index (χ1) is 34.2. The number of rotatable bonds is 9. The lowest BCUT2D eigenvalue weighted by Gasteiger charge is -2.48. The maximum atomic E-state index is 7.31. The average molecular weight is 898 g/mol. The highest BCUT2D eigenvalue weighted by molar-refractivity contribution is 6.08. The number of benzene rings is 7. The standard InChI is InChI=1S/C67H63NO/c1-6-21-46(22-7-1)53-43-60(50-27-12-4-13-28-50)65(61(44-53)51-29-14-5-15-30-51)68(54-39-40-58-59-37-20-36-57(49-25-10-3-11-26-49)66(59)69-63(58)45-54)67(62-38-19-32-47-31-16-17-34-55(47)62)42-41-52-33-18-35-56(64(52)67)48-23-8-2-9-24-48/h4-5,12-14,16-20,27-29,31-40,43-46,48-49H,1-3,6-11,21-26,41-42H2. The Bertz CT molecular complexity index is 3220. The van der Waals surface area contributed by atoms with E-state index in [1.54, 1.807) is 5.56 Å². The van der Waals surface area contributed by atoms with Crippen LogP contribution in [0.2, 0.25) is 0 Å². The minimum atomic E-state index is -0.597. The van der Waals surface area contributed by atoms with Crippen molar-refractivity contribution in [3.05, 3.63) is 203 Å². The number of aryl methyl sites for hydroxylation is 1. The summed E-state index contributed by atoms with van der Waals surface area (Å²) in [5.41, 5.74) is 17.4. The van der Waals surface area contributed by atoms with Crippen LogP contribution in [0.5, 0.6) is 0 Å². The molecule has 8 aromatic carbocycles. The molecule has 13 rings (SSSR count). The Balaban J connectivity index is 1.18. The second-order valence-electron chi connectivity index (χ2n) is 21.2. The number of furan rings is 1. The molecule has 69 heavy (non-hydrogen) atoms. The second-order valence-corrected chi connectivity index (χ2v) is 21.2. The van der Waals surface area contributed by atoms with Gasteiger partial charge in [0.2, 0.25) is 0 Å². The minimum Gasteiger partial charge on any atom is -0.456 e. The van der Waals surface area contributed by atoms with Crippen molar-refractivity contribution < 1.29 is 4.42 Å². The van der Waals surface area contributed by atoms with E-state index in [1.807, 2.05) is 6.07 Å². The average Bonchev–Trinajstić information content (AvgIpc) is 4.01. The molecule has 0 spiro atoms. The normalized spacial score (nSPS) is 19.2. The largest absolute Gasteiger partial charge is 0.456 e. The van der Waals surface area contributed by atoms with Crippen LogP contribution in [-0.2, 0) is 12.0 Å². The second kappa shape index (κ2) is 18.1. The van der Waals surface area contributed by atoms with Crippen molar-refractivity contribution in [2.75, 3.05) is 4.90 Å². The fourth-order valence-electron chi connectivity index (χ4n) is 14.1. The summed E-state index contributed by atoms with van der Waals surface area (Å²) in [4.78, 5) is 2.87. The molecule has 0 amide bonds. The molecule has 4 aliphatic rings. The number of fused-ring (bicyclic) bond motifs is 5. The quantitative estimate of drug-likeness (QED) is 0.144. The topological polar surface area (TPSA) is 16.4 Å². The van der Waals surface area contributed by atoms with E-state index in [1.165, 1.54) is 168 Å². The van der Waals surface area contributed by atoms with Gasteiger partial charge >= 0.3 is 0 Å². The zero-order chi connectivity index (χ0) is 45.7. The van der Waals surface area contributed by atoms with Gasteiger partial charge in [0.1, 0.15) is 11.2 Å². The first-order valence-electron chi connectivity index (χ1n) is 26.7. The molecule has 3 saturated carbocycles. The molecule has 1 heterocycles. The van der Waals surface area contributed by atoms with Gasteiger partial charge in [0.05, 0.1) is 11.2 Å². The fraction of sp³-hybridized carbons (Fsp3) is 0.313. The molecule has 0 radical (unpaired) electrons. The maximum absolute atomic E-state index is 7.31. The highest BCUT2D eigenvalue weighted by Crippen LogP contribution is 2.60. The van der Waals surface area contributed by atoms with Gasteiger partial charge in [-0.05, 0) is 155 Å². The predicted octanol–water partition coefficient (Wildman–Crippen LogP) is 18.8. The van der Waals surface area contributed by atoms with Gasteiger partial charge in [0.25, 0.3) is 0 Å². The van der Waals surface area contributed by atoms with Crippen molar-refractivity contribution in [1.82, 2.24) is 0 Å². The molecule has 2 nitrogen and oxygen atoms in total. The van der Waals surface area contributed by atoms with Crippen molar-refractivity contribution in [1.29, 1.82) is 0 Å². The molecule has 0 N–H and O–H groups in total. The van der Waals surface area contributed by atoms with Crippen molar-refractivity contribution in [3.8, 4) is 22.3 Å². The number of nitrogens with zero attached hydrogens (tertiary/aromatic N) is 1. The minimum absolute atomic E-state index is 0.512. The first-order valence-corrected chi connectivity index (χ1v) is 26.7. The smallest absolute Gasteiger partial charge is 0.138 e. The van der Waals surface area contributed by atoms with Gasteiger partial charge in [-0.1, -0.05) is 185 Å². The van der Waals surface area contributed by atoms with E-state index >= 15 is 0 Å². The van der Waals surface area contributed by atoms with Crippen LogP contribution >= 0.6 is 0 Å². The molecule has 1 unspecified atom stereocenters. The Labute approximate surface area is 409 Å². The summed E-state index contributed by atoms with van der Waals surface area (Å²) in [6.07, 6.45) is 21.1. The molecule has 342 valence electrons. The van der Waals surface area contributed by atoms with E-state index in [9.17, 15) is 0 Å². The Morgan fingerprint density at radius 3 is 1.97 bits per heavy atom. The third-order valence-electron chi connectivity index (χ3n) is 17.3. The number of hydrogen-bond donors (Lipinski definition) is 0. The molecule has 4 aliphatic carbocycles. The van der Waals surface area contributed by atoms with E-state index in [0.717, 1.165) is 35.3 Å². The third kappa shape index (κ3) is 7.39. The van der Waals surface area contributed by atoms with Crippen LogP contribution in [0.3, 0.4) is 0 Å². The number of hydrogen-bond acceptors (Lipinski definition) is 2. The molecule has 1 aromatic heterocycles. The van der Waals surface area contributed by atoms with Crippen LogP contribution in [0.4, 0.5) is 11.4 Å². The summed E-state index contributed by atoms with van der Waals surface area (Å²) in [7, 11) is 0. The molecule has 0 saturated heterocycles. The van der Waals surface area contributed by atoms with Crippen molar-refractivity contribution in [2.24, 2.45) is 0 Å². The lowest BCUT2D eigenvalue weighted by molar-refractivity contribution is 0.433. The summed E-state index contributed by atoms with van der Waals surface area (Å²) < 4.78 is 7.31. The summed E-state index contributed by atoms with van der Waals surface area (Å²) >= 11 is 0. The molecule has 2 heteroatoms. The van der Waals surface area contributed by atoms with Crippen LogP contribution < -0.4 is 4.90 Å². The summed E-state index contributed by atoms with van der Waals surface area (Å²) in [6.45, 7) is 0. The fourth-order valence-corrected chi connectivity index (χ4v) is 14.1. The van der Waals surface area contributed by atoms with Crippen LogP contribution in [0.15, 0.2) is 162 Å². The van der Waals surface area contributed by atoms with Gasteiger partial charge in [0, 0.05) is 39.2 Å². The van der Waals surface area contributed by atoms with Gasteiger partial charge in [-0.15, -0.1) is 0 Å². The predicted molar refractivity (Wildman–Crippen MR) is 288 cm³/mol. The van der Waals surface area contributed by atoms with Crippen molar-refractivity contribution >= 4 is 44.1 Å². The van der Waals surface area contributed by atoms with Gasteiger partial charge in [-0.2, -0.15) is 0 Å². The lowest BCUT2D eigenvalue weighted by Crippen LogP contribution is -2.44. The SMILES string of the molecule is c1cccc(-c2cc(C3CCCCC3)cc(-c3ccccc3)c2N(c2ccc3c(c2)oc2c(C4CCCCC4)cccc23)C2(c3cccc4ccccc34)CCc3cccc(C4CCCCC4)c32)c#1. The molecule has 0 bridgehead atoms. The van der Waals surface area contributed by atoms with E-state index in [2.05, 4.69) is 169 Å². The molecule has 1 atom stereocenters. The third-order valence-corrected chi connectivity index (χ3v) is 17.3. The van der Waals surface area contributed by atoms with Gasteiger partial charge in [-0.25, -0.2) is 0 Å². The van der Waals surface area contributed by atoms with Crippen molar-refractivity contribution in [3.63, 3.8) is 0 Å². The Morgan fingerprint density at radius 1 is 0.522 bits per heavy atom. The molecule has 9 aromatic rings. The van der Waals surface area contributed by atoms with Gasteiger partial charge < -0.3 is 9.32 Å². The van der Waals surface area contributed by atoms with E-state index < -0.39 is 5.54 Å². The number of para-hydroxylation sites is 1. The molecular weight excluding hydrogens is 835 g/mol. The van der Waals surface area contributed by atoms with Crippen LogP contribution in [0.1, 0.15) is 154 Å². The first kappa shape index (κ1) is 42.5. The lowest BCUT2D eigenvalue weighted by atomic mass is 9.72. The summed E-state index contributed by atoms with van der Waals surface area (Å²) in [5, 5.41) is 5.03. The van der Waals surface area contributed by atoms with Crippen LogP contribution in [0, 0.1) is 12.1 Å². The molecular formula is C67H63NO. The molecule has 0 aliphatic heterocycles. The van der Waals surface area contributed by atoms with Crippen LogP contribution in [0.25, 0.3) is 55.0 Å². The van der Waals surface area contributed by atoms with Crippen molar-refractivity contribution in [2.45, 2.75) is 132 Å². The van der Waals surface area contributed by atoms with Crippen LogP contribution in [-0.4, -0.2) is 0 Å². The Kier molecular flexibility index (Phi) is 11.1. The maximum Gasteiger partial charge on any atom is 0.138 e. The highest BCUT2D eigenvalue weighted by atomic mass is 16.3. The number of anilines is 2. The zero-order valence-electron chi connectivity index (χ0n) is 40.1. The van der Waals surface area contributed by atoms with E-state index in [-0.39, 0.29) is 0 Å². The summed E-state index contributed by atoms with van der Waals surface area (Å²) in [5.74, 6) is 1.56. The monoisotopic (exact) mass is 897 g/mol. The Morgan fingerprint density at radius 2 is 1.19 bits per heavy atom. The van der Waals surface area contributed by atoms with Gasteiger partial charge in [-0.3, -0.25) is 0 Å². The van der Waals surface area contributed by atoms with Gasteiger partial charge in [0.15, 0.2) is 0 Å². The Hall–Kier alpha value is -6.56.